The van der Waals surface area contributed by atoms with Crippen LogP contribution in [0.2, 0.25) is 0 Å². The number of ketones is 1. The Bertz CT molecular complexity index is 1310. The number of allylic oxidation sites excluding steroid dienone is 1. The molecule has 0 aliphatic carbocycles. The van der Waals surface area contributed by atoms with Crippen molar-refractivity contribution in [3.63, 3.8) is 0 Å². The van der Waals surface area contributed by atoms with Gasteiger partial charge in [0.2, 0.25) is 11.5 Å². The standard InChI is InChI=1S/C28H27NO7/c1-16-7-6-8-17(2)26(16)29-25(30)15-35-19-9-10-20-21(14-19)36-22(27(20)31)11-18-12-23(32-3)28(34-5)24(13-18)33-4/h6-14H,15H2,1-5H3,(H,29,30). The van der Waals surface area contributed by atoms with E-state index >= 15 is 0 Å². The van der Waals surface area contributed by atoms with Crippen molar-refractivity contribution < 1.29 is 33.3 Å². The Morgan fingerprint density at radius 2 is 1.61 bits per heavy atom. The van der Waals surface area contributed by atoms with Crippen molar-refractivity contribution in [1.29, 1.82) is 0 Å². The first-order valence-corrected chi connectivity index (χ1v) is 11.2. The summed E-state index contributed by atoms with van der Waals surface area (Å²) in [6, 6.07) is 14.1. The fourth-order valence-electron chi connectivity index (χ4n) is 3.93. The number of benzene rings is 3. The average Bonchev–Trinajstić information content (AvgIpc) is 3.18. The molecular weight excluding hydrogens is 462 g/mol. The van der Waals surface area contributed by atoms with Crippen LogP contribution in [-0.4, -0.2) is 39.6 Å². The number of carbonyl (C=O) groups is 2. The van der Waals surface area contributed by atoms with Crippen LogP contribution in [0.25, 0.3) is 6.08 Å². The first-order valence-electron chi connectivity index (χ1n) is 11.2. The number of ether oxygens (including phenoxy) is 5. The molecule has 0 saturated carbocycles. The number of rotatable bonds is 8. The van der Waals surface area contributed by atoms with Crippen molar-refractivity contribution in [2.75, 3.05) is 33.3 Å². The Morgan fingerprint density at radius 1 is 0.944 bits per heavy atom. The van der Waals surface area contributed by atoms with E-state index in [4.69, 9.17) is 23.7 Å². The van der Waals surface area contributed by atoms with E-state index in [9.17, 15) is 9.59 Å². The monoisotopic (exact) mass is 489 g/mol. The summed E-state index contributed by atoms with van der Waals surface area (Å²) in [5.74, 6) is 1.73. The highest BCUT2D eigenvalue weighted by atomic mass is 16.5. The van der Waals surface area contributed by atoms with Crippen LogP contribution in [0.15, 0.2) is 54.3 Å². The quantitative estimate of drug-likeness (QED) is 0.447. The second kappa shape index (κ2) is 10.4. The van der Waals surface area contributed by atoms with E-state index in [1.54, 1.807) is 36.4 Å². The van der Waals surface area contributed by atoms with Gasteiger partial charge in [-0.05, 0) is 60.9 Å². The molecule has 186 valence electrons. The summed E-state index contributed by atoms with van der Waals surface area (Å²) in [7, 11) is 4.56. The highest BCUT2D eigenvalue weighted by molar-refractivity contribution is 6.14. The van der Waals surface area contributed by atoms with E-state index in [0.717, 1.165) is 16.8 Å². The predicted octanol–water partition coefficient (Wildman–Crippen LogP) is 4.96. The van der Waals surface area contributed by atoms with Crippen molar-refractivity contribution in [3.8, 4) is 28.7 Å². The van der Waals surface area contributed by atoms with Gasteiger partial charge in [0, 0.05) is 11.8 Å². The molecule has 0 saturated heterocycles. The summed E-state index contributed by atoms with van der Waals surface area (Å²) in [4.78, 5) is 25.3. The van der Waals surface area contributed by atoms with E-state index in [1.165, 1.54) is 21.3 Å². The zero-order valence-corrected chi connectivity index (χ0v) is 20.8. The van der Waals surface area contributed by atoms with Crippen molar-refractivity contribution in [2.45, 2.75) is 13.8 Å². The second-order valence-corrected chi connectivity index (χ2v) is 8.16. The van der Waals surface area contributed by atoms with Gasteiger partial charge >= 0.3 is 0 Å². The van der Waals surface area contributed by atoms with Gasteiger partial charge in [-0.1, -0.05) is 18.2 Å². The fourth-order valence-corrected chi connectivity index (χ4v) is 3.93. The summed E-state index contributed by atoms with van der Waals surface area (Å²) in [6.45, 7) is 3.68. The molecule has 3 aromatic carbocycles. The number of methoxy groups -OCH3 is 3. The summed E-state index contributed by atoms with van der Waals surface area (Å²) in [5.41, 5.74) is 3.76. The van der Waals surface area contributed by atoms with Gasteiger partial charge in [0.25, 0.3) is 5.91 Å². The van der Waals surface area contributed by atoms with Crippen LogP contribution < -0.4 is 29.0 Å². The van der Waals surface area contributed by atoms with E-state index in [1.807, 2.05) is 32.0 Å². The topological polar surface area (TPSA) is 92.3 Å². The summed E-state index contributed by atoms with van der Waals surface area (Å²) >= 11 is 0. The Balaban J connectivity index is 1.48. The minimum atomic E-state index is -0.284. The number of carbonyl (C=O) groups excluding carboxylic acids is 2. The Kier molecular flexibility index (Phi) is 7.15. The van der Waals surface area contributed by atoms with Gasteiger partial charge in [-0.2, -0.15) is 0 Å². The maximum atomic E-state index is 12.9. The minimum absolute atomic E-state index is 0.143. The molecular formula is C28H27NO7. The lowest BCUT2D eigenvalue weighted by molar-refractivity contribution is -0.118. The molecule has 1 heterocycles. The summed E-state index contributed by atoms with van der Waals surface area (Å²) in [5, 5.41) is 2.88. The average molecular weight is 490 g/mol. The maximum absolute atomic E-state index is 12.9. The Morgan fingerprint density at radius 3 is 2.22 bits per heavy atom. The zero-order valence-electron chi connectivity index (χ0n) is 20.8. The van der Waals surface area contributed by atoms with Crippen molar-refractivity contribution >= 4 is 23.5 Å². The number of fused-ring (bicyclic) bond motifs is 1. The third-order valence-corrected chi connectivity index (χ3v) is 5.74. The van der Waals surface area contributed by atoms with E-state index in [0.29, 0.717) is 39.9 Å². The maximum Gasteiger partial charge on any atom is 0.262 e. The van der Waals surface area contributed by atoms with Gasteiger partial charge in [-0.25, -0.2) is 0 Å². The number of Topliss-reactive ketones (excluding diaryl/α,β-unsaturated/α-hetero) is 1. The molecule has 0 atom stereocenters. The highest BCUT2D eigenvalue weighted by Gasteiger charge is 2.28. The van der Waals surface area contributed by atoms with Gasteiger partial charge in [0.15, 0.2) is 23.9 Å². The van der Waals surface area contributed by atoms with Gasteiger partial charge in [0.05, 0.1) is 26.9 Å². The minimum Gasteiger partial charge on any atom is -0.493 e. The van der Waals surface area contributed by atoms with Crippen LogP contribution in [0.1, 0.15) is 27.0 Å². The van der Waals surface area contributed by atoms with Gasteiger partial charge in [0.1, 0.15) is 11.5 Å². The van der Waals surface area contributed by atoms with Crippen LogP contribution >= 0.6 is 0 Å². The number of aryl methyl sites for hydroxylation is 2. The molecule has 3 aromatic rings. The first-order chi connectivity index (χ1) is 17.3. The number of hydrogen-bond acceptors (Lipinski definition) is 7. The van der Waals surface area contributed by atoms with Crippen LogP contribution in [0.4, 0.5) is 5.69 Å². The lowest BCUT2D eigenvalue weighted by Gasteiger charge is -2.13. The number of amides is 1. The molecule has 0 aromatic heterocycles. The second-order valence-electron chi connectivity index (χ2n) is 8.16. The Hall–Kier alpha value is -4.46. The SMILES string of the molecule is COc1cc(C=C2Oc3cc(OCC(=O)Nc4c(C)cccc4C)ccc3C2=O)cc(OC)c1OC. The molecule has 0 unspecified atom stereocenters. The molecule has 0 bridgehead atoms. The predicted molar refractivity (Wildman–Crippen MR) is 136 cm³/mol. The van der Waals surface area contributed by atoms with Gasteiger partial charge in [-0.15, -0.1) is 0 Å². The van der Waals surface area contributed by atoms with Crippen LogP contribution in [0, 0.1) is 13.8 Å². The molecule has 1 N–H and O–H groups in total. The molecule has 8 heteroatoms. The van der Waals surface area contributed by atoms with Crippen LogP contribution in [0.3, 0.4) is 0 Å². The summed E-state index contributed by atoms with van der Waals surface area (Å²) in [6.07, 6.45) is 1.60. The highest BCUT2D eigenvalue weighted by Crippen LogP contribution is 2.40. The number of anilines is 1. The lowest BCUT2D eigenvalue weighted by Crippen LogP contribution is -2.21. The molecule has 1 aliphatic heterocycles. The van der Waals surface area contributed by atoms with Crippen molar-refractivity contribution in [1.82, 2.24) is 0 Å². The summed E-state index contributed by atoms with van der Waals surface area (Å²) < 4.78 is 27.6. The fraction of sp³-hybridized carbons (Fsp3) is 0.214. The number of nitrogens with one attached hydrogen (secondary N) is 1. The molecule has 1 aliphatic rings. The third kappa shape index (κ3) is 4.98. The smallest absolute Gasteiger partial charge is 0.262 e. The van der Waals surface area contributed by atoms with Crippen molar-refractivity contribution in [2.24, 2.45) is 0 Å². The molecule has 36 heavy (non-hydrogen) atoms. The molecule has 4 rings (SSSR count). The van der Waals surface area contributed by atoms with Crippen LogP contribution in [-0.2, 0) is 4.79 Å². The largest absolute Gasteiger partial charge is 0.493 e. The normalized spacial score (nSPS) is 13.1. The van der Waals surface area contributed by atoms with E-state index in [-0.39, 0.29) is 24.1 Å². The van der Waals surface area contributed by atoms with Gasteiger partial charge in [-0.3, -0.25) is 9.59 Å². The van der Waals surface area contributed by atoms with E-state index < -0.39 is 0 Å². The molecule has 0 radical (unpaired) electrons. The first kappa shape index (κ1) is 24.7. The van der Waals surface area contributed by atoms with Gasteiger partial charge < -0.3 is 29.0 Å². The Labute approximate surface area is 209 Å². The van der Waals surface area contributed by atoms with Crippen molar-refractivity contribution in [3.05, 3.63) is 76.5 Å². The van der Waals surface area contributed by atoms with Crippen LogP contribution in [0.5, 0.6) is 28.7 Å². The number of para-hydroxylation sites is 1. The number of hydrogen-bond donors (Lipinski definition) is 1. The van der Waals surface area contributed by atoms with E-state index in [2.05, 4.69) is 5.32 Å². The third-order valence-electron chi connectivity index (χ3n) is 5.74. The molecule has 0 fully saturated rings. The molecule has 0 spiro atoms. The molecule has 8 nitrogen and oxygen atoms in total. The lowest BCUT2D eigenvalue weighted by atomic mass is 10.1. The zero-order chi connectivity index (χ0) is 25.8. The molecule has 1 amide bonds.